The summed E-state index contributed by atoms with van der Waals surface area (Å²) in [6, 6.07) is 6.31. The average molecular weight is 329 g/mol. The van der Waals surface area contributed by atoms with Crippen molar-refractivity contribution in [1.82, 2.24) is 30.5 Å². The van der Waals surface area contributed by atoms with Crippen molar-refractivity contribution in [2.75, 3.05) is 7.05 Å². The van der Waals surface area contributed by atoms with Crippen molar-refractivity contribution in [1.29, 1.82) is 0 Å². The summed E-state index contributed by atoms with van der Waals surface area (Å²) in [6.45, 7) is 2.01. The molecule has 1 unspecified atom stereocenters. The molecule has 1 N–H and O–H groups in total. The lowest BCUT2D eigenvalue weighted by Crippen LogP contribution is -2.24. The number of nitrogens with one attached hydrogen (secondary N) is 1. The van der Waals surface area contributed by atoms with Crippen LogP contribution in [0.5, 0.6) is 0 Å². The van der Waals surface area contributed by atoms with Gasteiger partial charge in [-0.25, -0.2) is 4.68 Å². The lowest BCUT2D eigenvalue weighted by molar-refractivity contribution is -0.384. The van der Waals surface area contributed by atoms with Crippen LogP contribution in [0, 0.1) is 10.1 Å². The van der Waals surface area contributed by atoms with E-state index in [-0.39, 0.29) is 17.6 Å². The van der Waals surface area contributed by atoms with Gasteiger partial charge in [0.25, 0.3) is 11.6 Å². The van der Waals surface area contributed by atoms with E-state index in [1.165, 1.54) is 16.8 Å². The Morgan fingerprint density at radius 2 is 2.29 bits per heavy atom. The fourth-order valence-electron chi connectivity index (χ4n) is 2.05. The molecule has 2 heterocycles. The quantitative estimate of drug-likeness (QED) is 0.531. The molecule has 0 aliphatic heterocycles. The Kier molecular flexibility index (Phi) is 4.29. The molecule has 10 nitrogen and oxygen atoms in total. The maximum Gasteiger partial charge on any atom is 0.280 e. The summed E-state index contributed by atoms with van der Waals surface area (Å²) < 4.78 is 6.61. The summed E-state index contributed by atoms with van der Waals surface area (Å²) in [5, 5.41) is 25.8. The average Bonchev–Trinajstić information content (AvgIpc) is 3.24. The molecule has 124 valence electrons. The van der Waals surface area contributed by atoms with Gasteiger partial charge in [0.1, 0.15) is 0 Å². The van der Waals surface area contributed by atoms with Crippen LogP contribution >= 0.6 is 0 Å². The normalized spacial score (nSPS) is 12.2. The lowest BCUT2D eigenvalue weighted by Gasteiger charge is -2.04. The highest BCUT2D eigenvalue weighted by Gasteiger charge is 2.15. The molecule has 24 heavy (non-hydrogen) atoms. The first-order valence-electron chi connectivity index (χ1n) is 7.24. The van der Waals surface area contributed by atoms with Crippen LogP contribution < -0.4 is 5.32 Å². The zero-order valence-corrected chi connectivity index (χ0v) is 13.1. The summed E-state index contributed by atoms with van der Waals surface area (Å²) in [6.07, 6.45) is 2.21. The van der Waals surface area contributed by atoms with Crippen LogP contribution in [0.2, 0.25) is 0 Å². The summed E-state index contributed by atoms with van der Waals surface area (Å²) in [4.78, 5) is 14.7. The van der Waals surface area contributed by atoms with Gasteiger partial charge in [-0.15, -0.1) is 5.10 Å². The maximum absolute atomic E-state index is 10.8. The fourth-order valence-corrected chi connectivity index (χ4v) is 2.05. The van der Waals surface area contributed by atoms with Crippen molar-refractivity contribution >= 4 is 5.69 Å². The van der Waals surface area contributed by atoms with Crippen LogP contribution in [-0.4, -0.2) is 43.1 Å². The fraction of sp³-hybridized carbons (Fsp3) is 0.286. The number of hydrogen-bond donors (Lipinski definition) is 1. The third-order valence-electron chi connectivity index (χ3n) is 3.47. The van der Waals surface area contributed by atoms with Gasteiger partial charge in [0, 0.05) is 24.6 Å². The highest BCUT2D eigenvalue weighted by atomic mass is 16.6. The largest absolute Gasteiger partial charge is 0.332 e. The van der Waals surface area contributed by atoms with Gasteiger partial charge >= 0.3 is 0 Å². The van der Waals surface area contributed by atoms with Crippen LogP contribution in [0.3, 0.4) is 0 Å². The van der Waals surface area contributed by atoms with Gasteiger partial charge in [-0.2, -0.15) is 4.98 Å². The van der Waals surface area contributed by atoms with E-state index >= 15 is 0 Å². The lowest BCUT2D eigenvalue weighted by atomic mass is 10.2. The van der Waals surface area contributed by atoms with Crippen LogP contribution in [0.15, 0.2) is 35.0 Å². The highest BCUT2D eigenvalue weighted by molar-refractivity contribution is 5.47. The second kappa shape index (κ2) is 6.54. The number of likely N-dealkylation sites (N-methyl/N-ethyl adjacent to an activating group) is 1. The van der Waals surface area contributed by atoms with Crippen molar-refractivity contribution in [3.05, 3.63) is 46.4 Å². The Balaban J connectivity index is 1.83. The molecule has 0 bridgehead atoms. The van der Waals surface area contributed by atoms with E-state index in [2.05, 4.69) is 25.8 Å². The Labute approximate surface area is 136 Å². The van der Waals surface area contributed by atoms with Crippen molar-refractivity contribution in [2.24, 2.45) is 0 Å². The Hall–Kier alpha value is -3.14. The Morgan fingerprint density at radius 3 is 3.04 bits per heavy atom. The van der Waals surface area contributed by atoms with Crippen molar-refractivity contribution in [2.45, 2.75) is 19.4 Å². The molecule has 0 radical (unpaired) electrons. The molecule has 0 saturated heterocycles. The van der Waals surface area contributed by atoms with Gasteiger partial charge in [-0.1, -0.05) is 16.4 Å². The van der Waals surface area contributed by atoms with Crippen LogP contribution in [-0.2, 0) is 6.42 Å². The van der Waals surface area contributed by atoms with Crippen molar-refractivity contribution in [3.63, 3.8) is 0 Å². The number of nitrogens with zero attached hydrogens (tertiary/aromatic N) is 6. The number of benzene rings is 1. The molecule has 10 heteroatoms. The van der Waals surface area contributed by atoms with E-state index in [1.54, 1.807) is 18.3 Å². The van der Waals surface area contributed by atoms with Crippen LogP contribution in [0.25, 0.3) is 17.3 Å². The van der Waals surface area contributed by atoms with Gasteiger partial charge in [0.05, 0.1) is 16.8 Å². The van der Waals surface area contributed by atoms with E-state index in [4.69, 9.17) is 4.52 Å². The molecule has 0 aliphatic carbocycles. The van der Waals surface area contributed by atoms with Gasteiger partial charge in [-0.3, -0.25) is 10.1 Å². The summed E-state index contributed by atoms with van der Waals surface area (Å²) in [5.41, 5.74) is 0.898. The van der Waals surface area contributed by atoms with Crippen molar-refractivity contribution in [3.8, 4) is 17.3 Å². The topological polar surface area (TPSA) is 125 Å². The van der Waals surface area contributed by atoms with E-state index in [1.807, 2.05) is 14.0 Å². The van der Waals surface area contributed by atoms with Crippen molar-refractivity contribution < 1.29 is 9.45 Å². The third-order valence-corrected chi connectivity index (χ3v) is 3.47. The SMILES string of the molecule is CNC(C)Cc1noc(-c2cn(-c3cccc([N+](=O)[O-])c3)nn2)n1. The predicted molar refractivity (Wildman–Crippen MR) is 83.5 cm³/mol. The second-order valence-corrected chi connectivity index (χ2v) is 5.23. The summed E-state index contributed by atoms with van der Waals surface area (Å²) in [7, 11) is 1.86. The van der Waals surface area contributed by atoms with Crippen LogP contribution in [0.1, 0.15) is 12.7 Å². The standard InChI is InChI=1S/C14H15N7O3/c1-9(15-2)6-13-16-14(24-18-13)12-8-20(19-17-12)10-4-3-5-11(7-10)21(22)23/h3-5,7-9,15H,6H2,1-2H3. The third kappa shape index (κ3) is 3.27. The van der Waals surface area contributed by atoms with Gasteiger partial charge in [-0.05, 0) is 20.0 Å². The molecule has 0 aliphatic rings. The zero-order chi connectivity index (χ0) is 17.1. The number of nitro benzene ring substituents is 1. The summed E-state index contributed by atoms with van der Waals surface area (Å²) in [5.74, 6) is 0.821. The number of rotatable bonds is 6. The monoisotopic (exact) mass is 329 g/mol. The maximum atomic E-state index is 10.8. The molecule has 1 aromatic carbocycles. The van der Waals surface area contributed by atoms with Gasteiger partial charge in [0.15, 0.2) is 11.5 Å². The molecule has 1 atom stereocenters. The molecule has 3 rings (SSSR count). The van der Waals surface area contributed by atoms with Gasteiger partial charge in [0.2, 0.25) is 0 Å². The number of hydrogen-bond acceptors (Lipinski definition) is 8. The molecule has 0 saturated carbocycles. The van der Waals surface area contributed by atoms with Crippen LogP contribution in [0.4, 0.5) is 5.69 Å². The number of nitro groups is 1. The van der Waals surface area contributed by atoms with E-state index in [0.717, 1.165) is 0 Å². The van der Waals surface area contributed by atoms with E-state index in [9.17, 15) is 10.1 Å². The highest BCUT2D eigenvalue weighted by Crippen LogP contribution is 2.19. The van der Waals surface area contributed by atoms with E-state index in [0.29, 0.717) is 23.6 Å². The first-order chi connectivity index (χ1) is 11.6. The minimum Gasteiger partial charge on any atom is -0.332 e. The Morgan fingerprint density at radius 1 is 1.46 bits per heavy atom. The zero-order valence-electron chi connectivity index (χ0n) is 13.1. The van der Waals surface area contributed by atoms with E-state index < -0.39 is 4.92 Å². The molecule has 3 aromatic rings. The minimum absolute atomic E-state index is 0.0225. The first-order valence-corrected chi connectivity index (χ1v) is 7.24. The summed E-state index contributed by atoms with van der Waals surface area (Å²) >= 11 is 0. The first kappa shape index (κ1) is 15.7. The molecular formula is C14H15N7O3. The molecule has 0 amide bonds. The molecular weight excluding hydrogens is 314 g/mol. The second-order valence-electron chi connectivity index (χ2n) is 5.23. The predicted octanol–water partition coefficient (Wildman–Crippen LogP) is 1.38. The minimum atomic E-state index is -0.464. The Bertz CT molecular complexity index is 857. The smallest absolute Gasteiger partial charge is 0.280 e. The number of aromatic nitrogens is 5. The molecule has 0 fully saturated rings. The molecule has 0 spiro atoms. The van der Waals surface area contributed by atoms with Gasteiger partial charge < -0.3 is 9.84 Å². The number of non-ortho nitro benzene ring substituents is 1. The molecule has 2 aromatic heterocycles.